The Morgan fingerprint density at radius 3 is 2.67 bits per heavy atom. The molecule has 0 radical (unpaired) electrons. The Kier molecular flexibility index (Phi) is 3.49. The number of nitrogens with one attached hydrogen (secondary N) is 1. The maximum atomic E-state index is 12.8. The van der Waals surface area contributed by atoms with E-state index in [0.29, 0.717) is 11.5 Å². The molecule has 0 bridgehead atoms. The van der Waals surface area contributed by atoms with Crippen LogP contribution >= 0.6 is 11.6 Å². The topological polar surface area (TPSA) is 54.9 Å². The minimum absolute atomic E-state index is 0.0953. The second-order valence-electron chi connectivity index (χ2n) is 5.74. The molecular formula is C16H17ClN2O2. The summed E-state index contributed by atoms with van der Waals surface area (Å²) in [5, 5.41) is 0.106. The molecule has 1 fully saturated rings. The zero-order valence-electron chi connectivity index (χ0n) is 12.0. The lowest BCUT2D eigenvalue weighted by atomic mass is 10.1. The van der Waals surface area contributed by atoms with E-state index in [1.807, 2.05) is 38.1 Å². The first kappa shape index (κ1) is 14.1. The van der Waals surface area contributed by atoms with Crippen LogP contribution in [0.1, 0.15) is 31.4 Å². The van der Waals surface area contributed by atoms with Gasteiger partial charge in [-0.3, -0.25) is 14.3 Å². The van der Waals surface area contributed by atoms with Gasteiger partial charge in [0.2, 0.25) is 0 Å². The summed E-state index contributed by atoms with van der Waals surface area (Å²) in [6.07, 6.45) is 2.13. The van der Waals surface area contributed by atoms with Crippen LogP contribution < -0.4 is 11.2 Å². The van der Waals surface area contributed by atoms with E-state index in [4.69, 9.17) is 11.6 Å². The number of H-pyrrole nitrogens is 1. The summed E-state index contributed by atoms with van der Waals surface area (Å²) >= 11 is 6.12. The van der Waals surface area contributed by atoms with E-state index in [-0.39, 0.29) is 16.8 Å². The molecule has 5 heteroatoms. The summed E-state index contributed by atoms with van der Waals surface area (Å²) in [5.74, 6) is 0.412. The highest BCUT2D eigenvalue weighted by atomic mass is 35.5. The van der Waals surface area contributed by atoms with Crippen LogP contribution in [0.2, 0.25) is 5.15 Å². The fourth-order valence-electron chi connectivity index (χ4n) is 2.73. The van der Waals surface area contributed by atoms with Gasteiger partial charge in [0.15, 0.2) is 0 Å². The molecule has 0 spiro atoms. The summed E-state index contributed by atoms with van der Waals surface area (Å²) in [6.45, 7) is 3.87. The molecule has 1 saturated carbocycles. The molecule has 3 rings (SSSR count). The van der Waals surface area contributed by atoms with Gasteiger partial charge in [0.25, 0.3) is 5.56 Å². The first-order chi connectivity index (χ1) is 9.99. The molecule has 4 nitrogen and oxygen atoms in total. The van der Waals surface area contributed by atoms with Crippen LogP contribution in [-0.2, 0) is 0 Å². The Morgan fingerprint density at radius 2 is 2.05 bits per heavy atom. The molecule has 2 aromatic rings. The number of aryl methyl sites for hydroxylation is 1. The molecule has 1 heterocycles. The SMILES string of the molecule is Cc1cccc(-c2c(Cl)[nH]c(=O)n(C(C)C3CC3)c2=O)c1. The molecule has 0 saturated heterocycles. The summed E-state index contributed by atoms with van der Waals surface area (Å²) in [4.78, 5) is 27.5. The number of aromatic amines is 1. The maximum Gasteiger partial charge on any atom is 0.329 e. The second kappa shape index (κ2) is 5.19. The third-order valence-corrected chi connectivity index (χ3v) is 4.39. The largest absolute Gasteiger partial charge is 0.329 e. The van der Waals surface area contributed by atoms with Crippen LogP contribution in [0.15, 0.2) is 33.9 Å². The van der Waals surface area contributed by atoms with Crippen LogP contribution in [-0.4, -0.2) is 9.55 Å². The Labute approximate surface area is 127 Å². The fourth-order valence-corrected chi connectivity index (χ4v) is 3.00. The van der Waals surface area contributed by atoms with Gasteiger partial charge in [-0.25, -0.2) is 4.79 Å². The van der Waals surface area contributed by atoms with Gasteiger partial charge in [-0.1, -0.05) is 41.4 Å². The van der Waals surface area contributed by atoms with E-state index in [0.717, 1.165) is 24.0 Å². The number of aromatic nitrogens is 2. The molecular weight excluding hydrogens is 288 g/mol. The zero-order valence-corrected chi connectivity index (χ0v) is 12.8. The predicted octanol–water partition coefficient (Wildman–Crippen LogP) is 3.14. The van der Waals surface area contributed by atoms with Gasteiger partial charge in [0.05, 0.1) is 5.56 Å². The number of benzene rings is 1. The second-order valence-corrected chi connectivity index (χ2v) is 6.12. The minimum atomic E-state index is -0.430. The number of halogens is 1. The summed E-state index contributed by atoms with van der Waals surface area (Å²) in [7, 11) is 0. The lowest BCUT2D eigenvalue weighted by Gasteiger charge is -2.15. The summed E-state index contributed by atoms with van der Waals surface area (Å²) in [6, 6.07) is 7.46. The van der Waals surface area contributed by atoms with Crippen molar-refractivity contribution in [3.05, 3.63) is 55.8 Å². The van der Waals surface area contributed by atoms with Crippen molar-refractivity contribution in [3.63, 3.8) is 0 Å². The van der Waals surface area contributed by atoms with Gasteiger partial charge < -0.3 is 0 Å². The summed E-state index contributed by atoms with van der Waals surface area (Å²) < 4.78 is 1.31. The molecule has 110 valence electrons. The van der Waals surface area contributed by atoms with Crippen LogP contribution in [0.5, 0.6) is 0 Å². The highest BCUT2D eigenvalue weighted by Crippen LogP contribution is 2.38. The van der Waals surface area contributed by atoms with Crippen molar-refractivity contribution >= 4 is 11.6 Å². The fraction of sp³-hybridized carbons (Fsp3) is 0.375. The monoisotopic (exact) mass is 304 g/mol. The van der Waals surface area contributed by atoms with Crippen LogP contribution in [0, 0.1) is 12.8 Å². The van der Waals surface area contributed by atoms with E-state index in [1.165, 1.54) is 4.57 Å². The van der Waals surface area contributed by atoms with Crippen LogP contribution in [0.4, 0.5) is 0 Å². The van der Waals surface area contributed by atoms with Crippen molar-refractivity contribution in [2.45, 2.75) is 32.7 Å². The van der Waals surface area contributed by atoms with Gasteiger partial charge in [0, 0.05) is 6.04 Å². The standard InChI is InChI=1S/C16H17ClN2O2/c1-9-4-3-5-12(8-9)13-14(17)18-16(21)19(15(13)20)10(2)11-6-7-11/h3-5,8,10-11H,6-7H2,1-2H3,(H,18,21). The molecule has 1 aromatic carbocycles. The van der Waals surface area contributed by atoms with Crippen molar-refractivity contribution in [3.8, 4) is 11.1 Å². The molecule has 1 aromatic heterocycles. The predicted molar refractivity (Wildman–Crippen MR) is 83.9 cm³/mol. The average Bonchev–Trinajstić information content (AvgIpc) is 3.22. The Hall–Kier alpha value is -1.81. The first-order valence-electron chi connectivity index (χ1n) is 7.10. The van der Waals surface area contributed by atoms with Gasteiger partial charge in [-0.15, -0.1) is 0 Å². The molecule has 1 aliphatic rings. The van der Waals surface area contributed by atoms with Crippen molar-refractivity contribution in [1.29, 1.82) is 0 Å². The quantitative estimate of drug-likeness (QED) is 0.886. The third-order valence-electron chi connectivity index (χ3n) is 4.11. The van der Waals surface area contributed by atoms with E-state index >= 15 is 0 Å². The number of hydrogen-bond acceptors (Lipinski definition) is 2. The van der Waals surface area contributed by atoms with Crippen molar-refractivity contribution in [1.82, 2.24) is 9.55 Å². The molecule has 0 amide bonds. The van der Waals surface area contributed by atoms with E-state index in [2.05, 4.69) is 4.98 Å². The Bertz CT molecular complexity index is 803. The van der Waals surface area contributed by atoms with Gasteiger partial charge >= 0.3 is 5.69 Å². The third kappa shape index (κ3) is 2.56. The molecule has 1 atom stereocenters. The molecule has 1 aliphatic carbocycles. The smallest absolute Gasteiger partial charge is 0.297 e. The van der Waals surface area contributed by atoms with E-state index in [9.17, 15) is 9.59 Å². The lowest BCUT2D eigenvalue weighted by molar-refractivity contribution is 0.452. The first-order valence-corrected chi connectivity index (χ1v) is 7.48. The van der Waals surface area contributed by atoms with Crippen molar-refractivity contribution < 1.29 is 0 Å². The normalized spacial score (nSPS) is 16.0. The highest BCUT2D eigenvalue weighted by molar-refractivity contribution is 6.32. The van der Waals surface area contributed by atoms with Crippen LogP contribution in [0.3, 0.4) is 0 Å². The van der Waals surface area contributed by atoms with Crippen LogP contribution in [0.25, 0.3) is 11.1 Å². The zero-order chi connectivity index (χ0) is 15.1. The van der Waals surface area contributed by atoms with E-state index in [1.54, 1.807) is 0 Å². The van der Waals surface area contributed by atoms with Gasteiger partial charge in [-0.05, 0) is 38.2 Å². The average molecular weight is 305 g/mol. The molecule has 0 aliphatic heterocycles. The summed E-state index contributed by atoms with van der Waals surface area (Å²) in [5.41, 5.74) is 1.40. The van der Waals surface area contributed by atoms with E-state index < -0.39 is 5.69 Å². The van der Waals surface area contributed by atoms with Crippen molar-refractivity contribution in [2.24, 2.45) is 5.92 Å². The molecule has 21 heavy (non-hydrogen) atoms. The lowest BCUT2D eigenvalue weighted by Crippen LogP contribution is -2.38. The number of nitrogens with zero attached hydrogens (tertiary/aromatic N) is 1. The molecule has 1 N–H and O–H groups in total. The maximum absolute atomic E-state index is 12.8. The van der Waals surface area contributed by atoms with Gasteiger partial charge in [0.1, 0.15) is 5.15 Å². The Morgan fingerprint density at radius 1 is 1.33 bits per heavy atom. The number of rotatable bonds is 3. The van der Waals surface area contributed by atoms with Gasteiger partial charge in [-0.2, -0.15) is 0 Å². The molecule has 1 unspecified atom stereocenters. The van der Waals surface area contributed by atoms with Crippen molar-refractivity contribution in [2.75, 3.05) is 0 Å². The number of hydrogen-bond donors (Lipinski definition) is 1. The highest BCUT2D eigenvalue weighted by Gasteiger charge is 2.31. The minimum Gasteiger partial charge on any atom is -0.297 e. The Balaban J connectivity index is 2.23.